The average Bonchev–Trinajstić information content (AvgIpc) is 2.70. The first kappa shape index (κ1) is 25.5. The third kappa shape index (κ3) is 7.42. The highest BCUT2D eigenvalue weighted by Crippen LogP contribution is 2.31. The van der Waals surface area contributed by atoms with Crippen molar-refractivity contribution in [1.29, 1.82) is 0 Å². The van der Waals surface area contributed by atoms with Crippen LogP contribution in [0, 0.1) is 10.1 Å². The van der Waals surface area contributed by atoms with Gasteiger partial charge in [0.1, 0.15) is 18.5 Å². The second kappa shape index (κ2) is 11.2. The highest BCUT2D eigenvalue weighted by molar-refractivity contribution is 5.68. The fourth-order valence-electron chi connectivity index (χ4n) is 3.09. The predicted molar refractivity (Wildman–Crippen MR) is 106 cm³/mol. The van der Waals surface area contributed by atoms with Crippen LogP contribution in [-0.4, -0.2) is 66.1 Å². The molecule has 1 heterocycles. The van der Waals surface area contributed by atoms with E-state index in [0.717, 1.165) is 33.8 Å². The van der Waals surface area contributed by atoms with Crippen molar-refractivity contribution in [2.75, 3.05) is 6.61 Å². The maximum atomic E-state index is 11.8. The molecule has 5 atom stereocenters. The molecule has 0 radical (unpaired) electrons. The molecule has 0 saturated carbocycles. The topological polar surface area (TPSA) is 167 Å². The van der Waals surface area contributed by atoms with Gasteiger partial charge in [-0.1, -0.05) is 6.07 Å². The Morgan fingerprint density at radius 2 is 1.48 bits per heavy atom. The van der Waals surface area contributed by atoms with E-state index in [1.54, 1.807) is 0 Å². The molecule has 180 valence electrons. The monoisotopic (exact) mass is 469 g/mol. The van der Waals surface area contributed by atoms with Crippen molar-refractivity contribution in [3.8, 4) is 5.75 Å². The molecule has 33 heavy (non-hydrogen) atoms. The summed E-state index contributed by atoms with van der Waals surface area (Å²) in [4.78, 5) is 57.0. The molecule has 1 saturated heterocycles. The molecule has 0 aliphatic carbocycles. The van der Waals surface area contributed by atoms with Crippen LogP contribution >= 0.6 is 0 Å². The molecule has 0 spiro atoms. The van der Waals surface area contributed by atoms with Crippen LogP contribution in [0.15, 0.2) is 24.3 Å². The number of nitro benzene ring substituents is 1. The number of non-ortho nitro benzene ring substituents is 1. The lowest BCUT2D eigenvalue weighted by Gasteiger charge is -2.43. The molecule has 13 nitrogen and oxygen atoms in total. The van der Waals surface area contributed by atoms with Crippen molar-refractivity contribution in [3.63, 3.8) is 0 Å². The normalized spacial score (nSPS) is 24.2. The largest absolute Gasteiger partial charge is 0.463 e. The number of esters is 4. The van der Waals surface area contributed by atoms with E-state index in [0.29, 0.717) is 0 Å². The number of carbonyl (C=O) groups excluding carboxylic acids is 4. The molecular weight excluding hydrogens is 446 g/mol. The van der Waals surface area contributed by atoms with E-state index in [1.807, 2.05) is 0 Å². The van der Waals surface area contributed by atoms with Crippen LogP contribution in [-0.2, 0) is 42.9 Å². The second-order valence-electron chi connectivity index (χ2n) is 6.94. The van der Waals surface area contributed by atoms with Gasteiger partial charge >= 0.3 is 23.9 Å². The van der Waals surface area contributed by atoms with Gasteiger partial charge in [0.05, 0.1) is 11.0 Å². The molecule has 1 aromatic rings. The third-order valence-corrected chi connectivity index (χ3v) is 4.23. The van der Waals surface area contributed by atoms with Crippen molar-refractivity contribution < 1.29 is 52.5 Å². The quantitative estimate of drug-likeness (QED) is 0.230. The summed E-state index contributed by atoms with van der Waals surface area (Å²) >= 11 is 0. The minimum Gasteiger partial charge on any atom is -0.463 e. The summed E-state index contributed by atoms with van der Waals surface area (Å²) < 4.78 is 32.2. The van der Waals surface area contributed by atoms with E-state index in [1.165, 1.54) is 18.2 Å². The van der Waals surface area contributed by atoms with Gasteiger partial charge in [-0.25, -0.2) is 0 Å². The molecule has 13 heteroatoms. The van der Waals surface area contributed by atoms with Gasteiger partial charge in [0.2, 0.25) is 12.4 Å². The third-order valence-electron chi connectivity index (χ3n) is 4.23. The van der Waals surface area contributed by atoms with Gasteiger partial charge in [-0.2, -0.15) is 0 Å². The van der Waals surface area contributed by atoms with Crippen LogP contribution in [0.4, 0.5) is 5.69 Å². The van der Waals surface area contributed by atoms with Crippen molar-refractivity contribution in [2.45, 2.75) is 58.4 Å². The predicted octanol–water partition coefficient (Wildman–Crippen LogP) is 1.06. The first-order chi connectivity index (χ1) is 15.5. The van der Waals surface area contributed by atoms with E-state index >= 15 is 0 Å². The lowest BCUT2D eigenvalue weighted by Crippen LogP contribution is -2.63. The number of nitrogens with zero attached hydrogens (tertiary/aromatic N) is 1. The number of carbonyl (C=O) groups is 4. The Kier molecular flexibility index (Phi) is 8.68. The fourth-order valence-corrected chi connectivity index (χ4v) is 3.09. The van der Waals surface area contributed by atoms with Crippen molar-refractivity contribution in [2.24, 2.45) is 0 Å². The van der Waals surface area contributed by atoms with E-state index in [4.69, 9.17) is 28.4 Å². The number of nitro groups is 1. The number of hydrogen-bond donors (Lipinski definition) is 0. The standard InChI is InChI=1S/C20H23NO12/c1-10(22)28-9-16-17(29-11(2)23)18(30-12(3)24)19(31-13(4)25)20(33-16)32-15-7-5-6-14(8-15)21(26)27/h5-8,16-20H,9H2,1-4H3/t16-,17-,18+,19-,20-/m1/s1. The van der Waals surface area contributed by atoms with Gasteiger partial charge < -0.3 is 28.4 Å². The average molecular weight is 469 g/mol. The number of rotatable bonds is 8. The molecule has 0 N–H and O–H groups in total. The summed E-state index contributed by atoms with van der Waals surface area (Å²) in [5.74, 6) is -3.05. The Hall–Kier alpha value is -3.74. The van der Waals surface area contributed by atoms with Gasteiger partial charge in [0.25, 0.3) is 5.69 Å². The Labute approximate surface area is 188 Å². The maximum Gasteiger partial charge on any atom is 0.303 e. The zero-order valence-corrected chi connectivity index (χ0v) is 18.2. The summed E-state index contributed by atoms with van der Waals surface area (Å²) in [5, 5.41) is 11.1. The zero-order chi connectivity index (χ0) is 24.7. The van der Waals surface area contributed by atoms with Gasteiger partial charge in [0, 0.05) is 33.8 Å². The minimum absolute atomic E-state index is 0.0231. The minimum atomic E-state index is -1.48. The molecule has 1 fully saturated rings. The van der Waals surface area contributed by atoms with Crippen LogP contribution in [0.2, 0.25) is 0 Å². The molecule has 0 unspecified atom stereocenters. The highest BCUT2D eigenvalue weighted by atomic mass is 16.7. The highest BCUT2D eigenvalue weighted by Gasteiger charge is 2.53. The lowest BCUT2D eigenvalue weighted by atomic mass is 9.98. The number of hydrogen-bond acceptors (Lipinski definition) is 12. The Morgan fingerprint density at radius 1 is 0.909 bits per heavy atom. The van der Waals surface area contributed by atoms with Crippen LogP contribution in [0.25, 0.3) is 0 Å². The number of benzene rings is 1. The SMILES string of the molecule is CC(=O)OC[C@H]1O[C@@H](Oc2cccc([N+](=O)[O-])c2)[C@H](OC(C)=O)[C@@H](OC(C)=O)[C@@H]1OC(C)=O. The first-order valence-electron chi connectivity index (χ1n) is 9.69. The molecule has 1 aromatic carbocycles. The summed E-state index contributed by atoms with van der Waals surface area (Å²) in [6.07, 6.45) is -6.86. The van der Waals surface area contributed by atoms with Crippen LogP contribution in [0.5, 0.6) is 5.75 Å². The molecule has 1 aliphatic heterocycles. The van der Waals surface area contributed by atoms with Crippen molar-refractivity contribution in [3.05, 3.63) is 34.4 Å². The van der Waals surface area contributed by atoms with Crippen molar-refractivity contribution in [1.82, 2.24) is 0 Å². The Bertz CT molecular complexity index is 916. The molecule has 1 aliphatic rings. The lowest BCUT2D eigenvalue weighted by molar-refractivity contribution is -0.385. The van der Waals surface area contributed by atoms with Gasteiger partial charge in [0.15, 0.2) is 12.2 Å². The Balaban J connectivity index is 2.47. The first-order valence-corrected chi connectivity index (χ1v) is 9.69. The molecule has 0 bridgehead atoms. The maximum absolute atomic E-state index is 11.8. The van der Waals surface area contributed by atoms with E-state index in [-0.39, 0.29) is 11.4 Å². The van der Waals surface area contributed by atoms with E-state index < -0.39 is 66.1 Å². The molecule has 0 amide bonds. The number of ether oxygens (including phenoxy) is 6. The van der Waals surface area contributed by atoms with Crippen LogP contribution in [0.1, 0.15) is 27.7 Å². The van der Waals surface area contributed by atoms with E-state index in [9.17, 15) is 29.3 Å². The van der Waals surface area contributed by atoms with Crippen molar-refractivity contribution >= 4 is 29.6 Å². The van der Waals surface area contributed by atoms with Gasteiger partial charge in [-0.05, 0) is 6.07 Å². The van der Waals surface area contributed by atoms with Gasteiger partial charge in [-0.15, -0.1) is 0 Å². The van der Waals surface area contributed by atoms with E-state index in [2.05, 4.69) is 0 Å². The summed E-state index contributed by atoms with van der Waals surface area (Å²) in [5.41, 5.74) is -0.280. The molecule has 0 aromatic heterocycles. The van der Waals surface area contributed by atoms with Crippen LogP contribution in [0.3, 0.4) is 0 Å². The second-order valence-corrected chi connectivity index (χ2v) is 6.94. The van der Waals surface area contributed by atoms with Crippen LogP contribution < -0.4 is 4.74 Å². The summed E-state index contributed by atoms with van der Waals surface area (Å²) in [7, 11) is 0. The Morgan fingerprint density at radius 3 is 2.03 bits per heavy atom. The summed E-state index contributed by atoms with van der Waals surface area (Å²) in [6, 6.07) is 5.09. The smallest absolute Gasteiger partial charge is 0.303 e. The van der Waals surface area contributed by atoms with Gasteiger partial charge in [-0.3, -0.25) is 29.3 Å². The summed E-state index contributed by atoms with van der Waals surface area (Å²) in [6.45, 7) is 3.99. The molecule has 2 rings (SSSR count). The molecular formula is C20H23NO12. The fraction of sp³-hybridized carbons (Fsp3) is 0.500. The zero-order valence-electron chi connectivity index (χ0n) is 18.2.